The minimum Gasteiger partial charge on any atom is -0.539 e. The van der Waals surface area contributed by atoms with Crippen molar-refractivity contribution in [3.05, 3.63) is 18.2 Å². The molecule has 12 heavy (non-hydrogen) atoms. The summed E-state index contributed by atoms with van der Waals surface area (Å²) < 4.78 is 9.77. The first-order valence-electron chi connectivity index (χ1n) is 3.45. The van der Waals surface area contributed by atoms with E-state index in [-0.39, 0.29) is 7.69 Å². The molecule has 0 aromatic heterocycles. The SMILES string of the molecule is COc1cc(OBO)ccc1N. The minimum atomic E-state index is -0.354. The molecule has 0 amide bonds. The first kappa shape index (κ1) is 8.74. The summed E-state index contributed by atoms with van der Waals surface area (Å²) in [5.41, 5.74) is 6.10. The Kier molecular flexibility index (Phi) is 2.82. The van der Waals surface area contributed by atoms with Crippen LogP contribution in [-0.4, -0.2) is 19.8 Å². The Hall–Kier alpha value is -1.36. The smallest absolute Gasteiger partial charge is 0.504 e. The quantitative estimate of drug-likeness (QED) is 0.487. The van der Waals surface area contributed by atoms with Gasteiger partial charge in [-0.15, -0.1) is 0 Å². The minimum absolute atomic E-state index is 0.354. The van der Waals surface area contributed by atoms with E-state index in [1.165, 1.54) is 7.11 Å². The Bertz CT molecular complexity index is 267. The van der Waals surface area contributed by atoms with Crippen LogP contribution in [0.5, 0.6) is 11.5 Å². The van der Waals surface area contributed by atoms with Crippen LogP contribution in [0.25, 0.3) is 0 Å². The van der Waals surface area contributed by atoms with Gasteiger partial charge in [0.1, 0.15) is 11.5 Å². The third kappa shape index (κ3) is 1.82. The number of nitrogen functional groups attached to an aromatic ring is 1. The number of methoxy groups -OCH3 is 1. The Morgan fingerprint density at radius 2 is 2.25 bits per heavy atom. The number of hydrogen-bond donors (Lipinski definition) is 2. The van der Waals surface area contributed by atoms with Gasteiger partial charge in [-0.25, -0.2) is 0 Å². The number of rotatable bonds is 3. The lowest BCUT2D eigenvalue weighted by atomic mass is 10.2. The lowest BCUT2D eigenvalue weighted by molar-refractivity contribution is 0.411. The highest BCUT2D eigenvalue weighted by atomic mass is 16.5. The highest BCUT2D eigenvalue weighted by Gasteiger charge is 2.00. The third-order valence-corrected chi connectivity index (χ3v) is 1.44. The van der Waals surface area contributed by atoms with Gasteiger partial charge in [-0.3, -0.25) is 0 Å². The molecule has 0 aliphatic rings. The highest BCUT2D eigenvalue weighted by Crippen LogP contribution is 2.25. The zero-order chi connectivity index (χ0) is 8.97. The van der Waals surface area contributed by atoms with E-state index in [1.54, 1.807) is 18.2 Å². The summed E-state index contributed by atoms with van der Waals surface area (Å²) in [5.74, 6) is 1.07. The molecule has 0 bridgehead atoms. The van der Waals surface area contributed by atoms with Crippen LogP contribution in [0.4, 0.5) is 5.69 Å². The van der Waals surface area contributed by atoms with E-state index < -0.39 is 0 Å². The normalized spacial score (nSPS) is 9.17. The molecule has 3 N–H and O–H groups in total. The predicted octanol–water partition coefficient (Wildman–Crippen LogP) is -0.0850. The summed E-state index contributed by atoms with van der Waals surface area (Å²) in [7, 11) is 1.17. The topological polar surface area (TPSA) is 64.7 Å². The van der Waals surface area contributed by atoms with Crippen LogP contribution in [0.2, 0.25) is 0 Å². The van der Waals surface area contributed by atoms with Crippen molar-refractivity contribution in [3.63, 3.8) is 0 Å². The van der Waals surface area contributed by atoms with Crippen LogP contribution < -0.4 is 15.1 Å². The number of anilines is 1. The third-order valence-electron chi connectivity index (χ3n) is 1.44. The molecular weight excluding hydrogens is 157 g/mol. The maximum atomic E-state index is 8.46. The van der Waals surface area contributed by atoms with Gasteiger partial charge < -0.3 is 20.1 Å². The van der Waals surface area contributed by atoms with Gasteiger partial charge in [-0.2, -0.15) is 0 Å². The number of ether oxygens (including phenoxy) is 1. The molecule has 64 valence electrons. The van der Waals surface area contributed by atoms with Gasteiger partial charge >= 0.3 is 7.69 Å². The van der Waals surface area contributed by atoms with Crippen molar-refractivity contribution in [1.82, 2.24) is 0 Å². The fourth-order valence-electron chi connectivity index (χ4n) is 0.856. The van der Waals surface area contributed by atoms with Crippen LogP contribution in [0.3, 0.4) is 0 Å². The van der Waals surface area contributed by atoms with Crippen molar-refractivity contribution in [2.45, 2.75) is 0 Å². The molecule has 0 aliphatic carbocycles. The van der Waals surface area contributed by atoms with Crippen LogP contribution in [0.15, 0.2) is 18.2 Å². The van der Waals surface area contributed by atoms with Crippen LogP contribution in [0, 0.1) is 0 Å². The predicted molar refractivity (Wildman–Crippen MR) is 47.4 cm³/mol. The second-order valence-electron chi connectivity index (χ2n) is 2.18. The summed E-state index contributed by atoms with van der Waals surface area (Å²) in [5, 5.41) is 8.46. The van der Waals surface area contributed by atoms with Crippen LogP contribution in [0.1, 0.15) is 0 Å². The summed E-state index contributed by atoms with van der Waals surface area (Å²) in [6.45, 7) is 0. The number of nitrogens with two attached hydrogens (primary N) is 1. The van der Waals surface area contributed by atoms with Gasteiger partial charge in [0.25, 0.3) is 0 Å². The highest BCUT2D eigenvalue weighted by molar-refractivity contribution is 6.17. The lowest BCUT2D eigenvalue weighted by Gasteiger charge is -2.06. The fraction of sp³-hybridized carbons (Fsp3) is 0.143. The molecular formula is C7H10BNO3. The van der Waals surface area contributed by atoms with Gasteiger partial charge in [0.05, 0.1) is 12.8 Å². The molecule has 0 radical (unpaired) electrons. The van der Waals surface area contributed by atoms with E-state index in [9.17, 15) is 0 Å². The van der Waals surface area contributed by atoms with Crippen molar-refractivity contribution in [3.8, 4) is 11.5 Å². The molecule has 1 aromatic rings. The second kappa shape index (κ2) is 3.87. The number of benzene rings is 1. The Labute approximate surface area is 71.2 Å². The lowest BCUT2D eigenvalue weighted by Crippen LogP contribution is -2.00. The van der Waals surface area contributed by atoms with E-state index in [0.717, 1.165) is 0 Å². The molecule has 4 nitrogen and oxygen atoms in total. The second-order valence-corrected chi connectivity index (χ2v) is 2.18. The van der Waals surface area contributed by atoms with E-state index in [4.69, 9.17) is 20.1 Å². The van der Waals surface area contributed by atoms with Crippen molar-refractivity contribution in [2.24, 2.45) is 0 Å². The molecule has 1 rings (SSSR count). The zero-order valence-corrected chi connectivity index (χ0v) is 6.78. The molecule has 5 heteroatoms. The molecule has 0 fully saturated rings. The van der Waals surface area contributed by atoms with Gasteiger partial charge in [0.2, 0.25) is 0 Å². The van der Waals surface area contributed by atoms with E-state index in [1.807, 2.05) is 0 Å². The average molecular weight is 167 g/mol. The fourth-order valence-corrected chi connectivity index (χ4v) is 0.856. The zero-order valence-electron chi connectivity index (χ0n) is 6.78. The van der Waals surface area contributed by atoms with E-state index in [2.05, 4.69) is 0 Å². The number of hydrogen-bond acceptors (Lipinski definition) is 4. The van der Waals surface area contributed by atoms with Gasteiger partial charge in [-0.1, -0.05) is 0 Å². The Morgan fingerprint density at radius 3 is 2.83 bits per heavy atom. The van der Waals surface area contributed by atoms with Crippen molar-refractivity contribution in [2.75, 3.05) is 12.8 Å². The molecule has 0 saturated carbocycles. The molecule has 0 saturated heterocycles. The molecule has 0 atom stereocenters. The van der Waals surface area contributed by atoms with Crippen molar-refractivity contribution in [1.29, 1.82) is 0 Å². The van der Waals surface area contributed by atoms with Gasteiger partial charge in [0, 0.05) is 6.07 Å². The maximum absolute atomic E-state index is 8.46. The van der Waals surface area contributed by atoms with Crippen molar-refractivity contribution < 1.29 is 14.4 Å². The molecule has 1 aromatic carbocycles. The van der Waals surface area contributed by atoms with Gasteiger partial charge in [0.15, 0.2) is 0 Å². The van der Waals surface area contributed by atoms with Gasteiger partial charge in [-0.05, 0) is 12.1 Å². The molecule has 0 aliphatic heterocycles. The largest absolute Gasteiger partial charge is 0.539 e. The average Bonchev–Trinajstić information content (AvgIpc) is 2.09. The molecule has 0 heterocycles. The van der Waals surface area contributed by atoms with Crippen LogP contribution >= 0.6 is 0 Å². The maximum Gasteiger partial charge on any atom is 0.504 e. The summed E-state index contributed by atoms with van der Waals surface area (Å²) in [6.07, 6.45) is 0. The Morgan fingerprint density at radius 1 is 1.50 bits per heavy atom. The standard InChI is InChI=1S/C7H10BNO3/c1-11-7-4-5(12-8-10)2-3-6(7)9/h2-4,8,10H,9H2,1H3. The first-order valence-corrected chi connectivity index (χ1v) is 3.45. The summed E-state index contributed by atoms with van der Waals surface area (Å²) >= 11 is 0. The van der Waals surface area contributed by atoms with Crippen molar-refractivity contribution >= 4 is 13.4 Å². The van der Waals surface area contributed by atoms with Crippen LogP contribution in [-0.2, 0) is 0 Å². The molecule has 0 spiro atoms. The summed E-state index contributed by atoms with van der Waals surface area (Å²) in [4.78, 5) is 0. The monoisotopic (exact) mass is 167 g/mol. The summed E-state index contributed by atoms with van der Waals surface area (Å²) in [6, 6.07) is 4.93. The van der Waals surface area contributed by atoms with E-state index in [0.29, 0.717) is 17.2 Å². The Balaban J connectivity index is 2.89. The molecule has 0 unspecified atom stereocenters. The first-order chi connectivity index (χ1) is 5.77. The van der Waals surface area contributed by atoms with E-state index >= 15 is 0 Å².